The molecular formula is C21H22F3NO4. The standard InChI is InChI=1S/C21H22F3NO4/c22-21(23,24)15-6-5-7-16(14-15)25-18-9-2-1-8-17(18)20(26)29-13-12-28-19-10-3-4-11-27-19/h1-2,5-9,14,19,25H,3-4,10-13H2. The lowest BCUT2D eigenvalue weighted by Crippen LogP contribution is -2.24. The second kappa shape index (κ2) is 9.76. The van der Waals surface area contributed by atoms with Crippen molar-refractivity contribution in [2.24, 2.45) is 0 Å². The first kappa shape index (κ1) is 21.1. The molecule has 29 heavy (non-hydrogen) atoms. The fourth-order valence-corrected chi connectivity index (χ4v) is 2.93. The highest BCUT2D eigenvalue weighted by Gasteiger charge is 2.30. The van der Waals surface area contributed by atoms with Crippen LogP contribution < -0.4 is 5.32 Å². The summed E-state index contributed by atoms with van der Waals surface area (Å²) < 4.78 is 54.9. The van der Waals surface area contributed by atoms with Gasteiger partial charge in [-0.15, -0.1) is 0 Å². The van der Waals surface area contributed by atoms with Crippen LogP contribution in [0.2, 0.25) is 0 Å². The molecule has 0 aromatic heterocycles. The van der Waals surface area contributed by atoms with Crippen molar-refractivity contribution in [2.75, 3.05) is 25.1 Å². The summed E-state index contributed by atoms with van der Waals surface area (Å²) in [7, 11) is 0. The van der Waals surface area contributed by atoms with Gasteiger partial charge in [0, 0.05) is 12.3 Å². The number of carbonyl (C=O) groups is 1. The molecule has 1 aliphatic heterocycles. The molecule has 1 N–H and O–H groups in total. The Morgan fingerprint density at radius 2 is 1.93 bits per heavy atom. The third kappa shape index (κ3) is 6.20. The molecule has 5 nitrogen and oxygen atoms in total. The van der Waals surface area contributed by atoms with E-state index in [-0.39, 0.29) is 30.8 Å². The second-order valence-electron chi connectivity index (χ2n) is 6.55. The van der Waals surface area contributed by atoms with Crippen LogP contribution in [0.3, 0.4) is 0 Å². The normalized spacial score (nSPS) is 17.0. The van der Waals surface area contributed by atoms with Gasteiger partial charge in [-0.25, -0.2) is 4.79 Å². The number of rotatable bonds is 7. The highest BCUT2D eigenvalue weighted by Crippen LogP contribution is 2.32. The van der Waals surface area contributed by atoms with Crippen molar-refractivity contribution in [3.05, 3.63) is 59.7 Å². The van der Waals surface area contributed by atoms with Crippen molar-refractivity contribution < 1.29 is 32.2 Å². The average Bonchev–Trinajstić information content (AvgIpc) is 2.72. The van der Waals surface area contributed by atoms with Crippen LogP contribution in [-0.4, -0.2) is 32.1 Å². The molecule has 3 rings (SSSR count). The van der Waals surface area contributed by atoms with Crippen LogP contribution in [-0.2, 0) is 20.4 Å². The van der Waals surface area contributed by atoms with Gasteiger partial charge in [0.2, 0.25) is 0 Å². The number of hydrogen-bond acceptors (Lipinski definition) is 5. The van der Waals surface area contributed by atoms with Crippen LogP contribution in [0.4, 0.5) is 24.5 Å². The van der Waals surface area contributed by atoms with Gasteiger partial charge in [-0.05, 0) is 49.6 Å². The van der Waals surface area contributed by atoms with E-state index in [2.05, 4.69) is 5.32 Å². The zero-order chi connectivity index (χ0) is 20.7. The van der Waals surface area contributed by atoms with Crippen LogP contribution in [0.15, 0.2) is 48.5 Å². The van der Waals surface area contributed by atoms with Gasteiger partial charge in [-0.3, -0.25) is 0 Å². The summed E-state index contributed by atoms with van der Waals surface area (Å²) in [5.74, 6) is -0.590. The Morgan fingerprint density at radius 3 is 2.69 bits per heavy atom. The topological polar surface area (TPSA) is 56.8 Å². The van der Waals surface area contributed by atoms with Crippen LogP contribution >= 0.6 is 0 Å². The molecule has 1 heterocycles. The Kier molecular flexibility index (Phi) is 7.11. The molecule has 0 amide bonds. The summed E-state index contributed by atoms with van der Waals surface area (Å²) in [5, 5.41) is 2.86. The molecule has 1 saturated heterocycles. The monoisotopic (exact) mass is 409 g/mol. The van der Waals surface area contributed by atoms with Gasteiger partial charge in [0.15, 0.2) is 6.29 Å². The molecule has 0 aliphatic carbocycles. The molecule has 8 heteroatoms. The number of benzene rings is 2. The predicted molar refractivity (Wildman–Crippen MR) is 101 cm³/mol. The summed E-state index contributed by atoms with van der Waals surface area (Å²) in [4.78, 5) is 12.4. The van der Waals surface area contributed by atoms with Crippen molar-refractivity contribution in [3.63, 3.8) is 0 Å². The summed E-state index contributed by atoms with van der Waals surface area (Å²) in [6.45, 7) is 0.926. The molecule has 2 aromatic carbocycles. The van der Waals surface area contributed by atoms with E-state index in [0.717, 1.165) is 31.4 Å². The lowest BCUT2D eigenvalue weighted by molar-refractivity contribution is -0.166. The number of carbonyl (C=O) groups excluding carboxylic acids is 1. The number of nitrogens with one attached hydrogen (secondary N) is 1. The first-order chi connectivity index (χ1) is 13.9. The van der Waals surface area contributed by atoms with Gasteiger partial charge in [0.1, 0.15) is 6.61 Å². The number of halogens is 3. The van der Waals surface area contributed by atoms with Gasteiger partial charge in [0.05, 0.1) is 23.4 Å². The maximum Gasteiger partial charge on any atom is 0.416 e. The molecular weight excluding hydrogens is 387 g/mol. The van der Waals surface area contributed by atoms with Crippen molar-refractivity contribution in [2.45, 2.75) is 31.7 Å². The molecule has 2 aromatic rings. The van der Waals surface area contributed by atoms with Gasteiger partial charge in [-0.2, -0.15) is 13.2 Å². The minimum atomic E-state index is -4.45. The number of ether oxygens (including phenoxy) is 3. The highest BCUT2D eigenvalue weighted by atomic mass is 19.4. The first-order valence-electron chi connectivity index (χ1n) is 9.37. The van der Waals surface area contributed by atoms with E-state index < -0.39 is 17.7 Å². The van der Waals surface area contributed by atoms with Crippen molar-refractivity contribution >= 4 is 17.3 Å². The zero-order valence-electron chi connectivity index (χ0n) is 15.7. The van der Waals surface area contributed by atoms with E-state index in [4.69, 9.17) is 14.2 Å². The Balaban J connectivity index is 1.59. The van der Waals surface area contributed by atoms with Gasteiger partial charge in [-0.1, -0.05) is 18.2 Å². The minimum Gasteiger partial charge on any atom is -0.460 e. The molecule has 1 atom stereocenters. The van der Waals surface area contributed by atoms with Crippen molar-refractivity contribution in [3.8, 4) is 0 Å². The fourth-order valence-electron chi connectivity index (χ4n) is 2.93. The van der Waals surface area contributed by atoms with E-state index in [9.17, 15) is 18.0 Å². The highest BCUT2D eigenvalue weighted by molar-refractivity contribution is 5.96. The number of esters is 1. The summed E-state index contributed by atoms with van der Waals surface area (Å²) in [6, 6.07) is 11.2. The van der Waals surface area contributed by atoms with E-state index in [1.807, 2.05) is 0 Å². The quantitative estimate of drug-likeness (QED) is 0.506. The summed E-state index contributed by atoms with van der Waals surface area (Å²) >= 11 is 0. The Hall–Kier alpha value is -2.58. The second-order valence-corrected chi connectivity index (χ2v) is 6.55. The molecule has 0 radical (unpaired) electrons. The average molecular weight is 409 g/mol. The first-order valence-corrected chi connectivity index (χ1v) is 9.37. The summed E-state index contributed by atoms with van der Waals surface area (Å²) in [6.07, 6.45) is -1.84. The lowest BCUT2D eigenvalue weighted by atomic mass is 10.1. The number of hydrogen-bond donors (Lipinski definition) is 1. The Morgan fingerprint density at radius 1 is 1.10 bits per heavy atom. The van der Waals surface area contributed by atoms with Gasteiger partial charge >= 0.3 is 12.1 Å². The molecule has 1 unspecified atom stereocenters. The smallest absolute Gasteiger partial charge is 0.416 e. The van der Waals surface area contributed by atoms with Gasteiger partial charge in [0.25, 0.3) is 0 Å². The van der Waals surface area contributed by atoms with E-state index >= 15 is 0 Å². The molecule has 156 valence electrons. The van der Waals surface area contributed by atoms with Crippen LogP contribution in [0.5, 0.6) is 0 Å². The van der Waals surface area contributed by atoms with Crippen LogP contribution in [0, 0.1) is 0 Å². The third-order valence-electron chi connectivity index (χ3n) is 4.37. The SMILES string of the molecule is O=C(OCCOC1CCCCO1)c1ccccc1Nc1cccc(C(F)(F)F)c1. The Labute approximate surface area is 166 Å². The van der Waals surface area contributed by atoms with E-state index in [0.29, 0.717) is 12.3 Å². The third-order valence-corrected chi connectivity index (χ3v) is 4.37. The maximum absolute atomic E-state index is 12.9. The molecule has 0 spiro atoms. The van der Waals surface area contributed by atoms with Gasteiger partial charge < -0.3 is 19.5 Å². The van der Waals surface area contributed by atoms with E-state index in [1.165, 1.54) is 12.1 Å². The van der Waals surface area contributed by atoms with E-state index in [1.54, 1.807) is 24.3 Å². The molecule has 1 fully saturated rings. The molecule has 0 saturated carbocycles. The number of alkyl halides is 3. The molecule has 1 aliphatic rings. The maximum atomic E-state index is 12.9. The number of anilines is 2. The fraction of sp³-hybridized carbons (Fsp3) is 0.381. The van der Waals surface area contributed by atoms with Crippen LogP contribution in [0.1, 0.15) is 35.2 Å². The van der Waals surface area contributed by atoms with Crippen molar-refractivity contribution in [1.29, 1.82) is 0 Å². The largest absolute Gasteiger partial charge is 0.460 e. The van der Waals surface area contributed by atoms with Crippen molar-refractivity contribution in [1.82, 2.24) is 0 Å². The predicted octanol–water partition coefficient (Wildman–Crippen LogP) is 5.15. The molecule has 0 bridgehead atoms. The Bertz CT molecular complexity index is 820. The lowest BCUT2D eigenvalue weighted by Gasteiger charge is -2.22. The summed E-state index contributed by atoms with van der Waals surface area (Å²) in [5.41, 5.74) is 0.0229. The minimum absolute atomic E-state index is 0.0522. The zero-order valence-corrected chi connectivity index (χ0v) is 15.7. The van der Waals surface area contributed by atoms with Crippen LogP contribution in [0.25, 0.3) is 0 Å². The number of para-hydroxylation sites is 1.